The molecule has 3 nitrogen and oxygen atoms in total. The Labute approximate surface area is 83.2 Å². The molecule has 0 saturated heterocycles. The Balaban J connectivity index is 3.07. The first kappa shape index (κ1) is 10.3. The fourth-order valence-electron chi connectivity index (χ4n) is 1.18. The minimum absolute atomic E-state index is 0.409. The standard InChI is InChI=1S/C11H13NO2/c1-3-4-8-5-6-10(12)9(7-8)11(13)14-2/h3,5-7H,1,4,12H2,2H3. The van der Waals surface area contributed by atoms with E-state index in [0.717, 1.165) is 5.56 Å². The van der Waals surface area contributed by atoms with Gasteiger partial charge in [0.1, 0.15) is 0 Å². The highest BCUT2D eigenvalue weighted by Gasteiger charge is 2.09. The molecule has 0 aliphatic heterocycles. The largest absolute Gasteiger partial charge is 0.465 e. The number of carbonyl (C=O) groups excluding carboxylic acids is 1. The van der Waals surface area contributed by atoms with Crippen molar-refractivity contribution in [1.82, 2.24) is 0 Å². The summed E-state index contributed by atoms with van der Waals surface area (Å²) in [6, 6.07) is 5.29. The molecule has 0 bridgehead atoms. The Bertz CT molecular complexity index is 358. The number of carbonyl (C=O) groups is 1. The molecule has 0 heterocycles. The Morgan fingerprint density at radius 2 is 2.36 bits per heavy atom. The second kappa shape index (κ2) is 4.46. The van der Waals surface area contributed by atoms with Gasteiger partial charge in [0.05, 0.1) is 12.7 Å². The number of ether oxygens (including phenoxy) is 1. The van der Waals surface area contributed by atoms with Crippen LogP contribution in [-0.2, 0) is 11.2 Å². The van der Waals surface area contributed by atoms with Crippen molar-refractivity contribution in [1.29, 1.82) is 0 Å². The third-order valence-electron chi connectivity index (χ3n) is 1.90. The molecule has 0 amide bonds. The molecule has 0 aliphatic carbocycles. The average Bonchev–Trinajstić information content (AvgIpc) is 2.20. The highest BCUT2D eigenvalue weighted by Crippen LogP contribution is 2.15. The summed E-state index contributed by atoms with van der Waals surface area (Å²) in [6.45, 7) is 3.63. The molecule has 1 aromatic rings. The third-order valence-corrected chi connectivity index (χ3v) is 1.90. The molecule has 0 aliphatic rings. The first-order valence-corrected chi connectivity index (χ1v) is 4.26. The normalized spacial score (nSPS) is 9.50. The highest BCUT2D eigenvalue weighted by atomic mass is 16.5. The predicted molar refractivity (Wildman–Crippen MR) is 56.1 cm³/mol. The van der Waals surface area contributed by atoms with Gasteiger partial charge in [-0.05, 0) is 24.1 Å². The van der Waals surface area contributed by atoms with Crippen molar-refractivity contribution >= 4 is 11.7 Å². The number of benzene rings is 1. The lowest BCUT2D eigenvalue weighted by atomic mass is 10.1. The van der Waals surface area contributed by atoms with Gasteiger partial charge in [-0.2, -0.15) is 0 Å². The zero-order valence-electron chi connectivity index (χ0n) is 8.12. The Hall–Kier alpha value is -1.77. The summed E-state index contributed by atoms with van der Waals surface area (Å²) in [6.07, 6.45) is 2.48. The van der Waals surface area contributed by atoms with Gasteiger partial charge >= 0.3 is 5.97 Å². The first-order valence-electron chi connectivity index (χ1n) is 4.26. The van der Waals surface area contributed by atoms with Gasteiger partial charge in [-0.25, -0.2) is 4.79 Å². The van der Waals surface area contributed by atoms with Crippen LogP contribution < -0.4 is 5.73 Å². The van der Waals surface area contributed by atoms with E-state index in [1.54, 1.807) is 18.2 Å². The maximum absolute atomic E-state index is 11.3. The van der Waals surface area contributed by atoms with Crippen LogP contribution in [0.1, 0.15) is 15.9 Å². The maximum Gasteiger partial charge on any atom is 0.339 e. The van der Waals surface area contributed by atoms with Crippen LogP contribution >= 0.6 is 0 Å². The quantitative estimate of drug-likeness (QED) is 0.450. The van der Waals surface area contributed by atoms with Gasteiger partial charge in [-0.15, -0.1) is 6.58 Å². The molecule has 0 spiro atoms. The molecule has 0 fully saturated rings. The van der Waals surface area contributed by atoms with Crippen molar-refractivity contribution in [2.24, 2.45) is 0 Å². The zero-order valence-corrected chi connectivity index (χ0v) is 8.12. The van der Waals surface area contributed by atoms with Crippen molar-refractivity contribution < 1.29 is 9.53 Å². The summed E-state index contributed by atoms with van der Waals surface area (Å²) in [5.74, 6) is -0.409. The van der Waals surface area contributed by atoms with Gasteiger partial charge in [-0.1, -0.05) is 12.1 Å². The number of anilines is 1. The van der Waals surface area contributed by atoms with Gasteiger partial charge in [0.25, 0.3) is 0 Å². The van der Waals surface area contributed by atoms with Crippen LogP contribution in [0.2, 0.25) is 0 Å². The fourth-order valence-corrected chi connectivity index (χ4v) is 1.18. The lowest BCUT2D eigenvalue weighted by molar-refractivity contribution is 0.0602. The van der Waals surface area contributed by atoms with Crippen molar-refractivity contribution in [3.05, 3.63) is 42.0 Å². The Kier molecular flexibility index (Phi) is 3.29. The molecule has 1 rings (SSSR count). The predicted octanol–water partition coefficient (Wildman–Crippen LogP) is 1.78. The first-order chi connectivity index (χ1) is 6.69. The van der Waals surface area contributed by atoms with Gasteiger partial charge in [0.2, 0.25) is 0 Å². The number of allylic oxidation sites excluding steroid dienone is 1. The smallest absolute Gasteiger partial charge is 0.339 e. The number of methoxy groups -OCH3 is 1. The molecule has 0 aromatic heterocycles. The number of rotatable bonds is 3. The van der Waals surface area contributed by atoms with Crippen LogP contribution in [-0.4, -0.2) is 13.1 Å². The summed E-state index contributed by atoms with van der Waals surface area (Å²) < 4.78 is 4.61. The third kappa shape index (κ3) is 2.13. The highest BCUT2D eigenvalue weighted by molar-refractivity contribution is 5.95. The maximum atomic E-state index is 11.3. The zero-order chi connectivity index (χ0) is 10.6. The molecule has 0 saturated carbocycles. The fraction of sp³-hybridized carbons (Fsp3) is 0.182. The van der Waals surface area contributed by atoms with Gasteiger partial charge < -0.3 is 10.5 Å². The Morgan fingerprint density at radius 1 is 1.64 bits per heavy atom. The van der Waals surface area contributed by atoms with Gasteiger partial charge in [0.15, 0.2) is 0 Å². The van der Waals surface area contributed by atoms with E-state index in [0.29, 0.717) is 17.7 Å². The number of hydrogen-bond donors (Lipinski definition) is 1. The SMILES string of the molecule is C=CCc1ccc(N)c(C(=O)OC)c1. The van der Waals surface area contributed by atoms with E-state index >= 15 is 0 Å². The molecule has 1 aromatic carbocycles. The second-order valence-electron chi connectivity index (χ2n) is 2.91. The van der Waals surface area contributed by atoms with E-state index in [1.807, 2.05) is 6.07 Å². The van der Waals surface area contributed by atoms with E-state index in [9.17, 15) is 4.79 Å². The summed E-state index contributed by atoms with van der Waals surface area (Å²) in [5, 5.41) is 0. The van der Waals surface area contributed by atoms with Crippen LogP contribution in [0, 0.1) is 0 Å². The minimum Gasteiger partial charge on any atom is -0.465 e. The second-order valence-corrected chi connectivity index (χ2v) is 2.91. The van der Waals surface area contributed by atoms with Crippen molar-refractivity contribution in [2.75, 3.05) is 12.8 Å². The van der Waals surface area contributed by atoms with E-state index in [2.05, 4.69) is 11.3 Å². The van der Waals surface area contributed by atoms with Gasteiger partial charge in [-0.3, -0.25) is 0 Å². The summed E-state index contributed by atoms with van der Waals surface area (Å²) in [7, 11) is 1.34. The van der Waals surface area contributed by atoms with E-state index in [1.165, 1.54) is 7.11 Å². The van der Waals surface area contributed by atoms with Crippen LogP contribution in [0.5, 0.6) is 0 Å². The molecular weight excluding hydrogens is 178 g/mol. The monoisotopic (exact) mass is 191 g/mol. The van der Waals surface area contributed by atoms with Crippen LogP contribution in [0.3, 0.4) is 0 Å². The lowest BCUT2D eigenvalue weighted by Crippen LogP contribution is -2.06. The van der Waals surface area contributed by atoms with Crippen molar-refractivity contribution in [2.45, 2.75) is 6.42 Å². The van der Waals surface area contributed by atoms with Crippen LogP contribution in [0.4, 0.5) is 5.69 Å². The minimum atomic E-state index is -0.409. The number of nitrogen functional groups attached to an aromatic ring is 1. The Morgan fingerprint density at radius 3 is 2.93 bits per heavy atom. The molecule has 0 atom stereocenters. The number of nitrogens with two attached hydrogens (primary N) is 1. The lowest BCUT2D eigenvalue weighted by Gasteiger charge is -2.05. The summed E-state index contributed by atoms with van der Waals surface area (Å²) >= 11 is 0. The van der Waals surface area contributed by atoms with Gasteiger partial charge in [0, 0.05) is 5.69 Å². The molecule has 0 radical (unpaired) electrons. The van der Waals surface area contributed by atoms with Crippen molar-refractivity contribution in [3.63, 3.8) is 0 Å². The molecule has 2 N–H and O–H groups in total. The molecule has 3 heteroatoms. The summed E-state index contributed by atoms with van der Waals surface area (Å²) in [4.78, 5) is 11.3. The number of hydrogen-bond acceptors (Lipinski definition) is 3. The molecule has 14 heavy (non-hydrogen) atoms. The average molecular weight is 191 g/mol. The van der Waals surface area contributed by atoms with E-state index in [-0.39, 0.29) is 0 Å². The van der Waals surface area contributed by atoms with Crippen LogP contribution in [0.15, 0.2) is 30.9 Å². The summed E-state index contributed by atoms with van der Waals surface area (Å²) in [5.41, 5.74) is 7.47. The topological polar surface area (TPSA) is 52.3 Å². The molecule has 0 unspecified atom stereocenters. The molecule has 74 valence electrons. The molecular formula is C11H13NO2. The van der Waals surface area contributed by atoms with Crippen molar-refractivity contribution in [3.8, 4) is 0 Å². The van der Waals surface area contributed by atoms with Crippen LogP contribution in [0.25, 0.3) is 0 Å². The van der Waals surface area contributed by atoms with E-state index < -0.39 is 5.97 Å². The van der Waals surface area contributed by atoms with E-state index in [4.69, 9.17) is 5.73 Å². The number of esters is 1.